The summed E-state index contributed by atoms with van der Waals surface area (Å²) in [5.74, 6) is 0.0266. The maximum Gasteiger partial charge on any atom is 0.264 e. The summed E-state index contributed by atoms with van der Waals surface area (Å²) in [4.78, 5) is 15.2. The van der Waals surface area contributed by atoms with E-state index in [0.29, 0.717) is 12.3 Å². The first-order valence-electron chi connectivity index (χ1n) is 11.4. The van der Waals surface area contributed by atoms with E-state index in [4.69, 9.17) is 16.3 Å². The highest BCUT2D eigenvalue weighted by atomic mass is 35.5. The number of para-hydroxylation sites is 1. The van der Waals surface area contributed by atoms with Crippen LogP contribution in [0.3, 0.4) is 0 Å². The molecular formula is C26H28ClN3O4S. The molecule has 35 heavy (non-hydrogen) atoms. The van der Waals surface area contributed by atoms with Crippen LogP contribution in [-0.4, -0.2) is 47.6 Å². The summed E-state index contributed by atoms with van der Waals surface area (Å²) >= 11 is 6.26. The summed E-state index contributed by atoms with van der Waals surface area (Å²) in [5.41, 5.74) is 2.87. The number of methoxy groups -OCH3 is 1. The zero-order valence-electron chi connectivity index (χ0n) is 19.5. The van der Waals surface area contributed by atoms with Crippen LogP contribution in [0, 0.1) is 0 Å². The standard InChI is InChI=1S/C26H28ClN3O4S/c1-34-25-13-12-21(18-23(25)27)30(35(32,33)22-9-3-2-4-10-22)19-26(31)28-15-7-16-29-17-14-20-8-5-6-11-24(20)29/h2-6,8-13,18H,7,14-17,19H2,1H3,(H,28,31). The Morgan fingerprint density at radius 1 is 1.09 bits per heavy atom. The minimum absolute atomic E-state index is 0.0902. The molecule has 0 spiro atoms. The molecule has 1 heterocycles. The van der Waals surface area contributed by atoms with Crippen molar-refractivity contribution in [2.45, 2.75) is 17.7 Å². The van der Waals surface area contributed by atoms with Crippen LogP contribution in [0.5, 0.6) is 5.75 Å². The third-order valence-electron chi connectivity index (χ3n) is 5.95. The summed E-state index contributed by atoms with van der Waals surface area (Å²) in [6.07, 6.45) is 1.78. The average molecular weight is 514 g/mol. The first-order chi connectivity index (χ1) is 16.9. The van der Waals surface area contributed by atoms with Crippen LogP contribution >= 0.6 is 11.6 Å². The van der Waals surface area contributed by atoms with Gasteiger partial charge in [0.1, 0.15) is 12.3 Å². The Bertz CT molecular complexity index is 1280. The van der Waals surface area contributed by atoms with Gasteiger partial charge in [-0.15, -0.1) is 0 Å². The Labute approximate surface area is 211 Å². The summed E-state index contributed by atoms with van der Waals surface area (Å²) in [5, 5.41) is 3.12. The van der Waals surface area contributed by atoms with Crippen molar-refractivity contribution in [2.75, 3.05) is 42.5 Å². The number of sulfonamides is 1. The fourth-order valence-corrected chi connectivity index (χ4v) is 5.85. The molecule has 0 aliphatic carbocycles. The second-order valence-electron chi connectivity index (χ2n) is 8.21. The quantitative estimate of drug-likeness (QED) is 0.413. The smallest absolute Gasteiger partial charge is 0.264 e. The maximum atomic E-state index is 13.4. The van der Waals surface area contributed by atoms with Gasteiger partial charge in [-0.2, -0.15) is 0 Å². The number of amides is 1. The normalized spacial score (nSPS) is 12.8. The monoisotopic (exact) mass is 513 g/mol. The molecule has 9 heteroatoms. The van der Waals surface area contributed by atoms with Crippen molar-refractivity contribution in [3.05, 3.63) is 83.4 Å². The van der Waals surface area contributed by atoms with Crippen molar-refractivity contribution in [3.8, 4) is 5.75 Å². The Hall–Kier alpha value is -3.23. The van der Waals surface area contributed by atoms with Crippen LogP contribution in [0.15, 0.2) is 77.7 Å². The van der Waals surface area contributed by atoms with E-state index >= 15 is 0 Å². The minimum Gasteiger partial charge on any atom is -0.495 e. The number of halogens is 1. The second kappa shape index (κ2) is 11.0. The van der Waals surface area contributed by atoms with Gasteiger partial charge in [0, 0.05) is 25.3 Å². The molecule has 1 N–H and O–H groups in total. The number of nitrogens with zero attached hydrogens (tertiary/aromatic N) is 2. The van der Waals surface area contributed by atoms with Gasteiger partial charge in [0.2, 0.25) is 5.91 Å². The van der Waals surface area contributed by atoms with Crippen LogP contribution in [0.4, 0.5) is 11.4 Å². The Balaban J connectivity index is 1.43. The second-order valence-corrected chi connectivity index (χ2v) is 10.5. The zero-order chi connectivity index (χ0) is 24.8. The molecule has 1 amide bonds. The summed E-state index contributed by atoms with van der Waals surface area (Å²) < 4.78 is 33.1. The van der Waals surface area contributed by atoms with Gasteiger partial charge in [-0.05, 0) is 54.8 Å². The van der Waals surface area contributed by atoms with E-state index < -0.39 is 15.9 Å². The summed E-state index contributed by atoms with van der Waals surface area (Å²) in [6.45, 7) is 1.86. The lowest BCUT2D eigenvalue weighted by Crippen LogP contribution is -2.41. The molecule has 0 saturated heterocycles. The SMILES string of the molecule is COc1ccc(N(CC(=O)NCCCN2CCc3ccccc32)S(=O)(=O)c2ccccc2)cc1Cl. The lowest BCUT2D eigenvalue weighted by Gasteiger charge is -2.25. The van der Waals surface area contributed by atoms with Crippen molar-refractivity contribution in [2.24, 2.45) is 0 Å². The number of nitrogens with one attached hydrogen (secondary N) is 1. The zero-order valence-corrected chi connectivity index (χ0v) is 21.1. The molecular weight excluding hydrogens is 486 g/mol. The number of rotatable bonds is 10. The molecule has 0 saturated carbocycles. The van der Waals surface area contributed by atoms with Crippen LogP contribution in [0.1, 0.15) is 12.0 Å². The number of ether oxygens (including phenoxy) is 1. The lowest BCUT2D eigenvalue weighted by atomic mass is 10.2. The van der Waals surface area contributed by atoms with E-state index in [2.05, 4.69) is 22.3 Å². The molecule has 1 aliphatic rings. The van der Waals surface area contributed by atoms with Crippen molar-refractivity contribution < 1.29 is 17.9 Å². The largest absolute Gasteiger partial charge is 0.495 e. The van der Waals surface area contributed by atoms with E-state index in [9.17, 15) is 13.2 Å². The minimum atomic E-state index is -4.00. The number of carbonyl (C=O) groups excluding carboxylic acids is 1. The first kappa shape index (κ1) is 24.9. The number of anilines is 2. The highest BCUT2D eigenvalue weighted by Gasteiger charge is 2.27. The van der Waals surface area contributed by atoms with Gasteiger partial charge >= 0.3 is 0 Å². The lowest BCUT2D eigenvalue weighted by molar-refractivity contribution is -0.119. The van der Waals surface area contributed by atoms with Gasteiger partial charge in [-0.25, -0.2) is 8.42 Å². The molecule has 7 nitrogen and oxygen atoms in total. The Kier molecular flexibility index (Phi) is 7.83. The molecule has 184 valence electrons. The van der Waals surface area contributed by atoms with Crippen LogP contribution in [0.2, 0.25) is 5.02 Å². The number of benzene rings is 3. The van der Waals surface area contributed by atoms with Gasteiger partial charge < -0.3 is 15.0 Å². The summed E-state index contributed by atoms with van der Waals surface area (Å²) in [6, 6.07) is 21.0. The average Bonchev–Trinajstić information content (AvgIpc) is 3.28. The number of hydrogen-bond acceptors (Lipinski definition) is 5. The van der Waals surface area contributed by atoms with E-state index in [1.54, 1.807) is 30.3 Å². The maximum absolute atomic E-state index is 13.4. The van der Waals surface area contributed by atoms with E-state index in [1.165, 1.54) is 36.6 Å². The third kappa shape index (κ3) is 5.71. The van der Waals surface area contributed by atoms with Gasteiger partial charge in [-0.3, -0.25) is 9.10 Å². The molecule has 0 atom stereocenters. The van der Waals surface area contributed by atoms with Gasteiger partial charge in [-0.1, -0.05) is 48.0 Å². The Morgan fingerprint density at radius 2 is 1.83 bits per heavy atom. The van der Waals surface area contributed by atoms with Gasteiger partial charge in [0.15, 0.2) is 0 Å². The predicted molar refractivity (Wildman–Crippen MR) is 139 cm³/mol. The molecule has 3 aromatic carbocycles. The van der Waals surface area contributed by atoms with Gasteiger partial charge in [0.05, 0.1) is 22.7 Å². The molecule has 0 fully saturated rings. The van der Waals surface area contributed by atoms with Crippen LogP contribution in [0.25, 0.3) is 0 Å². The molecule has 0 aromatic heterocycles. The highest BCUT2D eigenvalue weighted by molar-refractivity contribution is 7.92. The van der Waals surface area contributed by atoms with E-state index in [0.717, 1.165) is 30.2 Å². The molecule has 3 aromatic rings. The van der Waals surface area contributed by atoms with Crippen molar-refractivity contribution in [1.29, 1.82) is 0 Å². The number of hydrogen-bond donors (Lipinski definition) is 1. The van der Waals surface area contributed by atoms with Crippen molar-refractivity contribution >= 4 is 38.9 Å². The third-order valence-corrected chi connectivity index (χ3v) is 8.04. The predicted octanol–water partition coefficient (Wildman–Crippen LogP) is 4.11. The molecule has 4 rings (SSSR count). The topological polar surface area (TPSA) is 79.0 Å². The van der Waals surface area contributed by atoms with Crippen molar-refractivity contribution in [1.82, 2.24) is 5.32 Å². The number of carbonyl (C=O) groups is 1. The van der Waals surface area contributed by atoms with Crippen molar-refractivity contribution in [3.63, 3.8) is 0 Å². The van der Waals surface area contributed by atoms with E-state index in [1.807, 2.05) is 12.1 Å². The Morgan fingerprint density at radius 3 is 2.57 bits per heavy atom. The highest BCUT2D eigenvalue weighted by Crippen LogP contribution is 2.32. The first-order valence-corrected chi connectivity index (χ1v) is 13.2. The molecule has 0 bridgehead atoms. The molecule has 0 unspecified atom stereocenters. The van der Waals surface area contributed by atoms with E-state index in [-0.39, 0.29) is 22.2 Å². The number of fused-ring (bicyclic) bond motifs is 1. The van der Waals surface area contributed by atoms with Gasteiger partial charge in [0.25, 0.3) is 10.0 Å². The fourth-order valence-electron chi connectivity index (χ4n) is 4.17. The van der Waals surface area contributed by atoms with Crippen LogP contribution < -0.4 is 19.3 Å². The summed E-state index contributed by atoms with van der Waals surface area (Å²) in [7, 11) is -2.52. The molecule has 0 radical (unpaired) electrons. The fraction of sp³-hybridized carbons (Fsp3) is 0.269. The van der Waals surface area contributed by atoms with Crippen LogP contribution in [-0.2, 0) is 21.2 Å². The molecule has 1 aliphatic heterocycles.